The largest absolute Gasteiger partial charge is 0.369 e. The van der Waals surface area contributed by atoms with Gasteiger partial charge in [-0.1, -0.05) is 27.5 Å². The number of rotatable bonds is 1. The highest BCUT2D eigenvalue weighted by Gasteiger charge is 2.10. The van der Waals surface area contributed by atoms with Crippen molar-refractivity contribution in [3.8, 4) is 5.69 Å². The Morgan fingerprint density at radius 1 is 1.11 bits per heavy atom. The summed E-state index contributed by atoms with van der Waals surface area (Å²) in [4.78, 5) is 4.32. The summed E-state index contributed by atoms with van der Waals surface area (Å²) in [7, 11) is 0. The van der Waals surface area contributed by atoms with Gasteiger partial charge in [0.1, 0.15) is 0 Å². The van der Waals surface area contributed by atoms with Crippen LogP contribution in [0.5, 0.6) is 0 Å². The quantitative estimate of drug-likeness (QED) is 0.735. The maximum atomic E-state index is 6.02. The summed E-state index contributed by atoms with van der Waals surface area (Å²) in [6, 6.07) is 13.4. The second-order valence-corrected chi connectivity index (χ2v) is 5.27. The molecule has 0 atom stereocenters. The number of nitrogens with two attached hydrogens (primary N) is 1. The van der Waals surface area contributed by atoms with Gasteiger partial charge in [0.05, 0.1) is 11.0 Å². The van der Waals surface area contributed by atoms with E-state index in [1.165, 1.54) is 0 Å². The fourth-order valence-corrected chi connectivity index (χ4v) is 2.36. The molecule has 0 saturated carbocycles. The molecule has 0 aliphatic heterocycles. The number of imidazole rings is 1. The van der Waals surface area contributed by atoms with Gasteiger partial charge in [-0.25, -0.2) is 4.98 Å². The number of hydrogen-bond acceptors (Lipinski definition) is 2. The maximum absolute atomic E-state index is 6.02. The van der Waals surface area contributed by atoms with E-state index >= 15 is 0 Å². The van der Waals surface area contributed by atoms with Gasteiger partial charge in [0.15, 0.2) is 0 Å². The molecule has 1 aromatic heterocycles. The molecule has 0 aliphatic rings. The third kappa shape index (κ3) is 1.87. The van der Waals surface area contributed by atoms with Crippen molar-refractivity contribution in [2.45, 2.75) is 0 Å². The van der Waals surface area contributed by atoms with Crippen LogP contribution in [0.3, 0.4) is 0 Å². The van der Waals surface area contributed by atoms with Gasteiger partial charge in [-0.2, -0.15) is 0 Å². The number of halogens is 2. The summed E-state index contributed by atoms with van der Waals surface area (Å²) in [5.74, 6) is 0.453. The minimum absolute atomic E-state index is 0.453. The van der Waals surface area contributed by atoms with Gasteiger partial charge in [0.25, 0.3) is 0 Å². The van der Waals surface area contributed by atoms with Crippen LogP contribution in [-0.4, -0.2) is 9.55 Å². The Kier molecular flexibility index (Phi) is 2.76. The first kappa shape index (κ1) is 11.6. The SMILES string of the molecule is Nc1nc2ccc(Cl)cc2n1-c1ccc(Br)cc1. The van der Waals surface area contributed by atoms with E-state index in [4.69, 9.17) is 17.3 Å². The second kappa shape index (κ2) is 4.30. The molecule has 2 aromatic carbocycles. The van der Waals surface area contributed by atoms with Crippen LogP contribution in [0.15, 0.2) is 46.9 Å². The fraction of sp³-hybridized carbons (Fsp3) is 0. The Hall–Kier alpha value is -1.52. The number of nitrogen functional groups attached to an aromatic ring is 1. The molecule has 3 aromatic rings. The third-order valence-corrected chi connectivity index (χ3v) is 3.49. The highest BCUT2D eigenvalue weighted by atomic mass is 79.9. The molecule has 3 nitrogen and oxygen atoms in total. The van der Waals surface area contributed by atoms with Crippen molar-refractivity contribution >= 4 is 44.5 Å². The topological polar surface area (TPSA) is 43.8 Å². The van der Waals surface area contributed by atoms with E-state index < -0.39 is 0 Å². The van der Waals surface area contributed by atoms with Gasteiger partial charge in [-0.05, 0) is 42.5 Å². The maximum Gasteiger partial charge on any atom is 0.205 e. The molecular formula is C13H9BrClN3. The summed E-state index contributed by atoms with van der Waals surface area (Å²) < 4.78 is 2.90. The molecule has 0 saturated heterocycles. The van der Waals surface area contributed by atoms with Gasteiger partial charge < -0.3 is 5.73 Å². The zero-order chi connectivity index (χ0) is 12.7. The van der Waals surface area contributed by atoms with Crippen molar-refractivity contribution in [1.82, 2.24) is 9.55 Å². The molecule has 0 spiro atoms. The Labute approximate surface area is 117 Å². The highest BCUT2D eigenvalue weighted by molar-refractivity contribution is 9.10. The van der Waals surface area contributed by atoms with Gasteiger partial charge in [-0.15, -0.1) is 0 Å². The summed E-state index contributed by atoms with van der Waals surface area (Å²) in [5, 5.41) is 0.667. The molecular weight excluding hydrogens is 314 g/mol. The van der Waals surface area contributed by atoms with Crippen molar-refractivity contribution in [1.29, 1.82) is 0 Å². The highest BCUT2D eigenvalue weighted by Crippen LogP contribution is 2.26. The van der Waals surface area contributed by atoms with Crippen LogP contribution in [0, 0.1) is 0 Å². The van der Waals surface area contributed by atoms with Crippen LogP contribution in [0.4, 0.5) is 5.95 Å². The molecule has 0 aliphatic carbocycles. The lowest BCUT2D eigenvalue weighted by molar-refractivity contribution is 1.11. The predicted molar refractivity (Wildman–Crippen MR) is 78.2 cm³/mol. The average molecular weight is 323 g/mol. The lowest BCUT2D eigenvalue weighted by Gasteiger charge is -2.06. The summed E-state index contributed by atoms with van der Waals surface area (Å²) in [6.45, 7) is 0. The van der Waals surface area contributed by atoms with Crippen LogP contribution >= 0.6 is 27.5 Å². The molecule has 0 bridgehead atoms. The predicted octanol–water partition coefficient (Wildman–Crippen LogP) is 4.02. The molecule has 0 unspecified atom stereocenters. The summed E-state index contributed by atoms with van der Waals surface area (Å²) in [5.41, 5.74) is 8.67. The monoisotopic (exact) mass is 321 g/mol. The molecule has 18 heavy (non-hydrogen) atoms. The van der Waals surface area contributed by atoms with E-state index in [0.717, 1.165) is 21.2 Å². The summed E-state index contributed by atoms with van der Waals surface area (Å²) in [6.07, 6.45) is 0. The molecule has 90 valence electrons. The number of fused-ring (bicyclic) bond motifs is 1. The average Bonchev–Trinajstić information content (AvgIpc) is 2.66. The van der Waals surface area contributed by atoms with E-state index in [-0.39, 0.29) is 0 Å². The number of benzene rings is 2. The van der Waals surface area contributed by atoms with Gasteiger partial charge >= 0.3 is 0 Å². The van der Waals surface area contributed by atoms with E-state index in [2.05, 4.69) is 20.9 Å². The zero-order valence-corrected chi connectivity index (χ0v) is 11.6. The first-order valence-corrected chi connectivity index (χ1v) is 6.52. The molecule has 2 N–H and O–H groups in total. The van der Waals surface area contributed by atoms with Gasteiger partial charge in [-0.3, -0.25) is 4.57 Å². The van der Waals surface area contributed by atoms with E-state index in [1.807, 2.05) is 47.0 Å². The van der Waals surface area contributed by atoms with Crippen molar-refractivity contribution in [3.05, 3.63) is 52.0 Å². The lowest BCUT2D eigenvalue weighted by atomic mass is 10.3. The smallest absolute Gasteiger partial charge is 0.205 e. The molecule has 5 heteroatoms. The minimum atomic E-state index is 0.453. The Bertz CT molecular complexity index is 719. The number of aromatic nitrogens is 2. The lowest BCUT2D eigenvalue weighted by Crippen LogP contribution is -2.00. The Morgan fingerprint density at radius 3 is 2.56 bits per heavy atom. The van der Waals surface area contributed by atoms with Gasteiger partial charge in [0, 0.05) is 15.2 Å². The van der Waals surface area contributed by atoms with Crippen molar-refractivity contribution in [2.24, 2.45) is 0 Å². The van der Waals surface area contributed by atoms with Crippen molar-refractivity contribution in [2.75, 3.05) is 5.73 Å². The van der Waals surface area contributed by atoms with E-state index in [9.17, 15) is 0 Å². The Balaban J connectivity index is 2.30. The number of nitrogens with zero attached hydrogens (tertiary/aromatic N) is 2. The molecule has 0 fully saturated rings. The Morgan fingerprint density at radius 2 is 1.83 bits per heavy atom. The van der Waals surface area contributed by atoms with E-state index in [1.54, 1.807) is 0 Å². The van der Waals surface area contributed by atoms with Crippen molar-refractivity contribution in [3.63, 3.8) is 0 Å². The fourth-order valence-electron chi connectivity index (χ4n) is 1.93. The number of hydrogen-bond donors (Lipinski definition) is 1. The summed E-state index contributed by atoms with van der Waals surface area (Å²) >= 11 is 9.43. The molecule has 0 radical (unpaired) electrons. The molecule has 3 rings (SSSR count). The van der Waals surface area contributed by atoms with Crippen LogP contribution in [0.25, 0.3) is 16.7 Å². The van der Waals surface area contributed by atoms with Crippen LogP contribution in [-0.2, 0) is 0 Å². The van der Waals surface area contributed by atoms with Crippen LogP contribution in [0.2, 0.25) is 5.02 Å². The first-order chi connectivity index (χ1) is 8.65. The van der Waals surface area contributed by atoms with E-state index in [0.29, 0.717) is 11.0 Å². The standard InChI is InChI=1S/C13H9BrClN3/c14-8-1-4-10(5-2-8)18-12-7-9(15)3-6-11(12)17-13(18)16/h1-7H,(H2,16,17). The second-order valence-electron chi connectivity index (χ2n) is 3.91. The van der Waals surface area contributed by atoms with Crippen LogP contribution < -0.4 is 5.73 Å². The zero-order valence-electron chi connectivity index (χ0n) is 9.27. The van der Waals surface area contributed by atoms with Crippen LogP contribution in [0.1, 0.15) is 0 Å². The number of anilines is 1. The minimum Gasteiger partial charge on any atom is -0.369 e. The molecule has 1 heterocycles. The van der Waals surface area contributed by atoms with Crippen molar-refractivity contribution < 1.29 is 0 Å². The first-order valence-electron chi connectivity index (χ1n) is 5.34. The van der Waals surface area contributed by atoms with Gasteiger partial charge in [0.2, 0.25) is 5.95 Å². The normalized spacial score (nSPS) is 11.0. The third-order valence-electron chi connectivity index (χ3n) is 2.73. The molecule has 0 amide bonds.